The van der Waals surface area contributed by atoms with E-state index in [0.717, 1.165) is 30.7 Å². The van der Waals surface area contributed by atoms with Gasteiger partial charge in [0.15, 0.2) is 5.58 Å². The van der Waals surface area contributed by atoms with Crippen LogP contribution in [0.2, 0.25) is 0 Å². The third-order valence-electron chi connectivity index (χ3n) is 7.02. The van der Waals surface area contributed by atoms with Gasteiger partial charge in [0.25, 0.3) is 0 Å². The number of amides is 1. The SMILES string of the molecule is O=C(Cn1c(=O)oc2ccccc21)NCCC12CC3CC(CC(C3)C1)C2. The molecule has 4 bridgehead atoms. The fraction of sp³-hybridized carbons (Fsp3) is 0.619. The first-order valence-corrected chi connectivity index (χ1v) is 9.95. The molecule has 0 unspecified atom stereocenters. The zero-order valence-corrected chi connectivity index (χ0v) is 15.1. The summed E-state index contributed by atoms with van der Waals surface area (Å²) in [4.78, 5) is 24.4. The predicted molar refractivity (Wildman–Crippen MR) is 98.7 cm³/mol. The van der Waals surface area contributed by atoms with Crippen molar-refractivity contribution in [2.45, 2.75) is 51.5 Å². The number of fused-ring (bicyclic) bond motifs is 1. The minimum absolute atomic E-state index is 0.0245. The second-order valence-corrected chi connectivity index (χ2v) is 8.94. The number of nitrogens with zero attached hydrogens (tertiary/aromatic N) is 1. The van der Waals surface area contributed by atoms with Crippen LogP contribution in [0.25, 0.3) is 11.1 Å². The summed E-state index contributed by atoms with van der Waals surface area (Å²) in [7, 11) is 0. The van der Waals surface area contributed by atoms with Crippen LogP contribution in [-0.4, -0.2) is 17.0 Å². The molecule has 5 nitrogen and oxygen atoms in total. The fourth-order valence-corrected chi connectivity index (χ4v) is 6.43. The maximum Gasteiger partial charge on any atom is 0.420 e. The largest absolute Gasteiger partial charge is 0.420 e. The highest BCUT2D eigenvalue weighted by molar-refractivity contribution is 5.79. The molecule has 26 heavy (non-hydrogen) atoms. The predicted octanol–water partition coefficient (Wildman–Crippen LogP) is 3.32. The second-order valence-electron chi connectivity index (χ2n) is 8.94. The van der Waals surface area contributed by atoms with E-state index in [1.165, 1.54) is 43.1 Å². The van der Waals surface area contributed by atoms with E-state index >= 15 is 0 Å². The Morgan fingerprint density at radius 1 is 1.12 bits per heavy atom. The molecular weight excluding hydrogens is 328 g/mol. The summed E-state index contributed by atoms with van der Waals surface area (Å²) in [5.74, 6) is 2.24. The minimum Gasteiger partial charge on any atom is -0.408 e. The van der Waals surface area contributed by atoms with Crippen LogP contribution < -0.4 is 11.1 Å². The first-order chi connectivity index (χ1) is 12.6. The number of benzene rings is 1. The average molecular weight is 354 g/mol. The number of carbonyl (C=O) groups excluding carboxylic acids is 1. The fourth-order valence-electron chi connectivity index (χ4n) is 6.43. The first kappa shape index (κ1) is 16.2. The number of aromatic nitrogens is 1. The molecule has 0 radical (unpaired) electrons. The van der Waals surface area contributed by atoms with E-state index in [-0.39, 0.29) is 12.5 Å². The van der Waals surface area contributed by atoms with Gasteiger partial charge in [-0.3, -0.25) is 9.36 Å². The summed E-state index contributed by atoms with van der Waals surface area (Å²) in [6.07, 6.45) is 9.51. The van der Waals surface area contributed by atoms with Crippen molar-refractivity contribution in [2.75, 3.05) is 6.54 Å². The zero-order valence-electron chi connectivity index (χ0n) is 15.1. The van der Waals surface area contributed by atoms with Crippen molar-refractivity contribution in [3.05, 3.63) is 34.8 Å². The Morgan fingerprint density at radius 2 is 1.77 bits per heavy atom. The molecule has 0 aliphatic heterocycles. The molecular formula is C21H26N2O3. The van der Waals surface area contributed by atoms with Gasteiger partial charge in [-0.2, -0.15) is 0 Å². The molecule has 138 valence electrons. The van der Waals surface area contributed by atoms with Crippen LogP contribution in [0.1, 0.15) is 44.9 Å². The van der Waals surface area contributed by atoms with E-state index in [9.17, 15) is 9.59 Å². The lowest BCUT2D eigenvalue weighted by molar-refractivity contribution is -0.122. The molecule has 5 heteroatoms. The zero-order chi connectivity index (χ0) is 17.7. The molecule has 1 aromatic heterocycles. The van der Waals surface area contributed by atoms with Gasteiger partial charge < -0.3 is 9.73 Å². The molecule has 4 aliphatic rings. The van der Waals surface area contributed by atoms with E-state index in [0.29, 0.717) is 16.5 Å². The summed E-state index contributed by atoms with van der Waals surface area (Å²) >= 11 is 0. The average Bonchev–Trinajstić information content (AvgIpc) is 2.89. The molecule has 0 atom stereocenters. The summed E-state index contributed by atoms with van der Waals surface area (Å²) < 4.78 is 6.61. The van der Waals surface area contributed by atoms with Gasteiger partial charge in [-0.15, -0.1) is 0 Å². The van der Waals surface area contributed by atoms with E-state index in [4.69, 9.17) is 4.42 Å². The molecule has 0 saturated heterocycles. The number of para-hydroxylation sites is 2. The van der Waals surface area contributed by atoms with Crippen LogP contribution in [0.15, 0.2) is 33.5 Å². The Hall–Kier alpha value is -2.04. The maximum atomic E-state index is 12.4. The van der Waals surface area contributed by atoms with Crippen molar-refractivity contribution in [1.82, 2.24) is 9.88 Å². The minimum atomic E-state index is -0.470. The van der Waals surface area contributed by atoms with Gasteiger partial charge in [0.05, 0.1) is 5.52 Å². The Balaban J connectivity index is 1.20. The van der Waals surface area contributed by atoms with Crippen LogP contribution in [0.4, 0.5) is 0 Å². The molecule has 4 aliphatic carbocycles. The van der Waals surface area contributed by atoms with Crippen molar-refractivity contribution < 1.29 is 9.21 Å². The van der Waals surface area contributed by atoms with Crippen molar-refractivity contribution in [1.29, 1.82) is 0 Å². The third kappa shape index (κ3) is 2.78. The Kier molecular flexibility index (Phi) is 3.73. The summed E-state index contributed by atoms with van der Waals surface area (Å²) in [5, 5.41) is 3.05. The van der Waals surface area contributed by atoms with Crippen molar-refractivity contribution >= 4 is 17.0 Å². The van der Waals surface area contributed by atoms with Gasteiger partial charge in [-0.05, 0) is 80.2 Å². The first-order valence-electron chi connectivity index (χ1n) is 9.95. The van der Waals surface area contributed by atoms with Gasteiger partial charge in [-0.1, -0.05) is 12.1 Å². The molecule has 4 fully saturated rings. The number of hydrogen-bond donors (Lipinski definition) is 1. The van der Waals surface area contributed by atoms with Crippen molar-refractivity contribution in [3.63, 3.8) is 0 Å². The van der Waals surface area contributed by atoms with E-state index in [1.807, 2.05) is 18.2 Å². The summed E-state index contributed by atoms with van der Waals surface area (Å²) in [6.45, 7) is 0.742. The lowest BCUT2D eigenvalue weighted by Crippen LogP contribution is -2.47. The number of carbonyl (C=O) groups is 1. The molecule has 0 spiro atoms. The monoisotopic (exact) mass is 354 g/mol. The van der Waals surface area contributed by atoms with E-state index < -0.39 is 5.76 Å². The van der Waals surface area contributed by atoms with Gasteiger partial charge in [0.1, 0.15) is 6.54 Å². The number of rotatable bonds is 5. The highest BCUT2D eigenvalue weighted by Crippen LogP contribution is 2.61. The topological polar surface area (TPSA) is 64.2 Å². The lowest BCUT2D eigenvalue weighted by atomic mass is 9.49. The van der Waals surface area contributed by atoms with Gasteiger partial charge in [0.2, 0.25) is 5.91 Å². The Bertz CT molecular complexity index is 859. The molecule has 1 amide bonds. The quantitative estimate of drug-likeness (QED) is 0.896. The Morgan fingerprint density at radius 3 is 2.46 bits per heavy atom. The number of nitrogens with one attached hydrogen (secondary N) is 1. The van der Waals surface area contributed by atoms with E-state index in [2.05, 4.69) is 5.32 Å². The van der Waals surface area contributed by atoms with Crippen LogP contribution in [0.3, 0.4) is 0 Å². The van der Waals surface area contributed by atoms with Crippen molar-refractivity contribution in [3.8, 4) is 0 Å². The van der Waals surface area contributed by atoms with Crippen LogP contribution >= 0.6 is 0 Å². The molecule has 2 aromatic rings. The van der Waals surface area contributed by atoms with E-state index in [1.54, 1.807) is 6.07 Å². The molecule has 1 heterocycles. The normalized spacial score (nSPS) is 32.2. The molecule has 1 N–H and O–H groups in total. The smallest absolute Gasteiger partial charge is 0.408 e. The van der Waals surface area contributed by atoms with Gasteiger partial charge in [0, 0.05) is 6.54 Å². The molecule has 4 saturated carbocycles. The highest BCUT2D eigenvalue weighted by Gasteiger charge is 2.50. The maximum absolute atomic E-state index is 12.4. The van der Waals surface area contributed by atoms with Crippen LogP contribution in [-0.2, 0) is 11.3 Å². The highest BCUT2D eigenvalue weighted by atomic mass is 16.4. The number of hydrogen-bond acceptors (Lipinski definition) is 3. The third-order valence-corrected chi connectivity index (χ3v) is 7.02. The number of oxazole rings is 1. The van der Waals surface area contributed by atoms with Crippen molar-refractivity contribution in [2.24, 2.45) is 23.2 Å². The van der Waals surface area contributed by atoms with Gasteiger partial charge >= 0.3 is 5.76 Å². The second kappa shape index (κ2) is 6.00. The lowest BCUT2D eigenvalue weighted by Gasteiger charge is -2.57. The summed E-state index contributed by atoms with van der Waals surface area (Å²) in [6, 6.07) is 7.22. The van der Waals surface area contributed by atoms with Crippen LogP contribution in [0, 0.1) is 23.2 Å². The van der Waals surface area contributed by atoms with Gasteiger partial charge in [-0.25, -0.2) is 4.79 Å². The van der Waals surface area contributed by atoms with Crippen LogP contribution in [0.5, 0.6) is 0 Å². The molecule has 6 rings (SSSR count). The summed E-state index contributed by atoms with van der Waals surface area (Å²) in [5.41, 5.74) is 1.67. The Labute approximate surface area is 152 Å². The standard InChI is InChI=1S/C21H26N2O3/c24-19(13-23-17-3-1-2-4-18(17)26-20(23)25)22-6-5-21-10-14-7-15(11-21)9-16(8-14)12-21/h1-4,14-16H,5-13H2,(H,22,24). The molecule has 1 aromatic carbocycles.